The van der Waals surface area contributed by atoms with E-state index >= 15 is 0 Å². The zero-order valence-electron chi connectivity index (χ0n) is 15.6. The fourth-order valence-electron chi connectivity index (χ4n) is 3.26. The van der Waals surface area contributed by atoms with Gasteiger partial charge in [0.15, 0.2) is 0 Å². The second kappa shape index (κ2) is 6.33. The van der Waals surface area contributed by atoms with Crippen molar-refractivity contribution >= 4 is 17.0 Å². The molecule has 0 amide bonds. The summed E-state index contributed by atoms with van der Waals surface area (Å²) in [6.45, 7) is 6.91. The van der Waals surface area contributed by atoms with Gasteiger partial charge in [-0.25, -0.2) is 4.98 Å². The predicted octanol–water partition coefficient (Wildman–Crippen LogP) is 4.30. The summed E-state index contributed by atoms with van der Waals surface area (Å²) in [5.41, 5.74) is 7.86. The van der Waals surface area contributed by atoms with Gasteiger partial charge in [-0.15, -0.1) is 0 Å². The van der Waals surface area contributed by atoms with Crippen molar-refractivity contribution in [3.05, 3.63) is 71.0 Å². The number of anilines is 1. The molecule has 0 spiro atoms. The second-order valence-electron chi connectivity index (χ2n) is 6.87. The zero-order valence-corrected chi connectivity index (χ0v) is 15.6. The van der Waals surface area contributed by atoms with Gasteiger partial charge in [0, 0.05) is 31.0 Å². The summed E-state index contributed by atoms with van der Waals surface area (Å²) < 4.78 is 4.03. The molecule has 2 heterocycles. The van der Waals surface area contributed by atoms with E-state index in [-0.39, 0.29) is 0 Å². The largest absolute Gasteiger partial charge is 0.351 e. The summed E-state index contributed by atoms with van der Waals surface area (Å²) in [5.74, 6) is 0.845. The van der Waals surface area contributed by atoms with Crippen LogP contribution in [0.25, 0.3) is 16.7 Å². The highest BCUT2D eigenvalue weighted by atomic mass is 15.3. The summed E-state index contributed by atoms with van der Waals surface area (Å²) in [7, 11) is 1.95. The Balaban J connectivity index is 1.78. The van der Waals surface area contributed by atoms with Gasteiger partial charge in [0.25, 0.3) is 0 Å². The van der Waals surface area contributed by atoms with Crippen molar-refractivity contribution < 1.29 is 0 Å². The first-order valence-electron chi connectivity index (χ1n) is 8.80. The van der Waals surface area contributed by atoms with Crippen LogP contribution in [0.3, 0.4) is 0 Å². The van der Waals surface area contributed by atoms with Crippen LogP contribution < -0.4 is 5.32 Å². The minimum absolute atomic E-state index is 0.688. The van der Waals surface area contributed by atoms with E-state index in [9.17, 15) is 0 Å². The molecular formula is C21H23N5. The van der Waals surface area contributed by atoms with Crippen molar-refractivity contribution in [2.24, 2.45) is 7.05 Å². The summed E-state index contributed by atoms with van der Waals surface area (Å²) in [4.78, 5) is 4.85. The molecule has 0 fully saturated rings. The van der Waals surface area contributed by atoms with E-state index in [1.54, 1.807) is 0 Å². The lowest BCUT2D eigenvalue weighted by Crippen LogP contribution is -2.06. The Hall–Kier alpha value is -3.08. The Morgan fingerprint density at radius 1 is 0.962 bits per heavy atom. The normalized spacial score (nSPS) is 11.2. The van der Waals surface area contributed by atoms with E-state index in [1.807, 2.05) is 24.9 Å². The van der Waals surface area contributed by atoms with Crippen LogP contribution in [0, 0.1) is 20.8 Å². The number of hydrogen-bond donors (Lipinski definition) is 1. The quantitative estimate of drug-likeness (QED) is 0.600. The van der Waals surface area contributed by atoms with Gasteiger partial charge in [0.05, 0.1) is 16.7 Å². The van der Waals surface area contributed by atoms with E-state index in [2.05, 4.69) is 71.3 Å². The molecule has 1 N–H and O–H groups in total. The summed E-state index contributed by atoms with van der Waals surface area (Å²) >= 11 is 0. The number of nitrogens with zero attached hydrogens (tertiary/aromatic N) is 4. The minimum atomic E-state index is 0.688. The molecule has 132 valence electrons. The van der Waals surface area contributed by atoms with Gasteiger partial charge in [-0.3, -0.25) is 9.25 Å². The van der Waals surface area contributed by atoms with Crippen LogP contribution >= 0.6 is 0 Å². The second-order valence-corrected chi connectivity index (χ2v) is 6.87. The average Bonchev–Trinajstić information content (AvgIpc) is 3.12. The van der Waals surface area contributed by atoms with E-state index in [0.29, 0.717) is 6.54 Å². The van der Waals surface area contributed by atoms with E-state index in [1.165, 1.54) is 16.7 Å². The molecule has 0 aliphatic heterocycles. The van der Waals surface area contributed by atoms with Crippen molar-refractivity contribution in [3.63, 3.8) is 0 Å². The van der Waals surface area contributed by atoms with E-state index < -0.39 is 0 Å². The number of aromatic nitrogens is 4. The molecule has 26 heavy (non-hydrogen) atoms. The van der Waals surface area contributed by atoms with Crippen LogP contribution in [0.1, 0.15) is 22.4 Å². The monoisotopic (exact) mass is 345 g/mol. The molecule has 0 saturated carbocycles. The lowest BCUT2D eigenvalue weighted by Gasteiger charge is -2.11. The Bertz CT molecular complexity index is 1070. The number of imidazole rings is 1. The van der Waals surface area contributed by atoms with Crippen LogP contribution in [0.15, 0.2) is 48.7 Å². The molecule has 2 aromatic heterocycles. The molecule has 0 saturated heterocycles. The van der Waals surface area contributed by atoms with Gasteiger partial charge in [-0.1, -0.05) is 23.8 Å². The van der Waals surface area contributed by atoms with Crippen LogP contribution in [0.5, 0.6) is 0 Å². The fraction of sp³-hybridized carbons (Fsp3) is 0.238. The Labute approximate surface area is 153 Å². The number of nitrogens with one attached hydrogen (secondary N) is 1. The highest BCUT2D eigenvalue weighted by Gasteiger charge is 2.13. The highest BCUT2D eigenvalue weighted by molar-refractivity contribution is 5.82. The molecule has 0 aliphatic rings. The molecule has 5 heteroatoms. The third kappa shape index (κ3) is 2.96. The summed E-state index contributed by atoms with van der Waals surface area (Å²) in [5, 5.41) is 7.92. The number of rotatable bonds is 4. The van der Waals surface area contributed by atoms with Crippen molar-refractivity contribution in [1.29, 1.82) is 0 Å². The van der Waals surface area contributed by atoms with Crippen LogP contribution in [-0.4, -0.2) is 19.3 Å². The molecule has 0 unspecified atom stereocenters. The minimum Gasteiger partial charge on any atom is -0.351 e. The molecule has 0 atom stereocenters. The lowest BCUT2D eigenvalue weighted by atomic mass is 10.2. The van der Waals surface area contributed by atoms with Gasteiger partial charge in [-0.05, 0) is 50.6 Å². The molecule has 4 rings (SSSR count). The average molecular weight is 345 g/mol. The standard InChI is InChI=1S/C21H23N5/c1-14-5-8-18(9-6-14)26-20-10-7-15(2)11-19(20)23-21(26)22-12-17-13-25(4)24-16(17)3/h5-11,13H,12H2,1-4H3,(H,22,23). The summed E-state index contributed by atoms with van der Waals surface area (Å²) in [6, 6.07) is 14.9. The van der Waals surface area contributed by atoms with Gasteiger partial charge < -0.3 is 5.32 Å². The number of benzene rings is 2. The van der Waals surface area contributed by atoms with Gasteiger partial charge in [0.2, 0.25) is 5.95 Å². The van der Waals surface area contributed by atoms with E-state index in [0.717, 1.165) is 28.4 Å². The molecule has 0 aliphatic carbocycles. The molecule has 2 aromatic carbocycles. The van der Waals surface area contributed by atoms with Crippen LogP contribution in [0.4, 0.5) is 5.95 Å². The maximum absolute atomic E-state index is 4.85. The van der Waals surface area contributed by atoms with Crippen molar-refractivity contribution in [2.45, 2.75) is 27.3 Å². The van der Waals surface area contributed by atoms with Crippen molar-refractivity contribution in [1.82, 2.24) is 19.3 Å². The lowest BCUT2D eigenvalue weighted by molar-refractivity contribution is 0.756. The SMILES string of the molecule is Cc1ccc(-n2c(NCc3cn(C)nc3C)nc3cc(C)ccc32)cc1. The maximum atomic E-state index is 4.85. The van der Waals surface area contributed by atoms with Gasteiger partial charge in [-0.2, -0.15) is 5.10 Å². The molecule has 0 bridgehead atoms. The Morgan fingerprint density at radius 2 is 1.69 bits per heavy atom. The predicted molar refractivity (Wildman–Crippen MR) is 106 cm³/mol. The first-order chi connectivity index (χ1) is 12.5. The zero-order chi connectivity index (χ0) is 18.3. The first kappa shape index (κ1) is 16.4. The Kier molecular flexibility index (Phi) is 3.99. The molecular weight excluding hydrogens is 322 g/mol. The van der Waals surface area contributed by atoms with Crippen LogP contribution in [-0.2, 0) is 13.6 Å². The van der Waals surface area contributed by atoms with Crippen molar-refractivity contribution in [2.75, 3.05) is 5.32 Å². The number of hydrogen-bond acceptors (Lipinski definition) is 3. The third-order valence-electron chi connectivity index (χ3n) is 4.65. The molecule has 5 nitrogen and oxygen atoms in total. The highest BCUT2D eigenvalue weighted by Crippen LogP contribution is 2.26. The van der Waals surface area contributed by atoms with E-state index in [4.69, 9.17) is 4.98 Å². The summed E-state index contributed by atoms with van der Waals surface area (Å²) in [6.07, 6.45) is 2.05. The van der Waals surface area contributed by atoms with Gasteiger partial charge in [0.1, 0.15) is 0 Å². The number of fused-ring (bicyclic) bond motifs is 1. The third-order valence-corrected chi connectivity index (χ3v) is 4.65. The van der Waals surface area contributed by atoms with Crippen LogP contribution in [0.2, 0.25) is 0 Å². The Morgan fingerprint density at radius 3 is 2.38 bits per heavy atom. The smallest absolute Gasteiger partial charge is 0.208 e. The first-order valence-corrected chi connectivity index (χ1v) is 8.80. The topological polar surface area (TPSA) is 47.7 Å². The molecule has 0 radical (unpaired) electrons. The maximum Gasteiger partial charge on any atom is 0.208 e. The van der Waals surface area contributed by atoms with Crippen molar-refractivity contribution in [3.8, 4) is 5.69 Å². The fourth-order valence-corrected chi connectivity index (χ4v) is 3.26. The van der Waals surface area contributed by atoms with Gasteiger partial charge >= 0.3 is 0 Å². The number of aryl methyl sites for hydroxylation is 4. The molecule has 4 aromatic rings.